The lowest BCUT2D eigenvalue weighted by molar-refractivity contribution is -0.139. The molecule has 0 saturated carbocycles. The smallest absolute Gasteiger partial charge is 0.417 e. The first-order chi connectivity index (χ1) is 15.2. The van der Waals surface area contributed by atoms with Crippen molar-refractivity contribution in [1.82, 2.24) is 4.98 Å². The molecule has 32 heavy (non-hydrogen) atoms. The molecule has 0 saturated heterocycles. The lowest BCUT2D eigenvalue weighted by atomic mass is 10.1. The van der Waals surface area contributed by atoms with Crippen molar-refractivity contribution in [2.24, 2.45) is 0 Å². The van der Waals surface area contributed by atoms with Gasteiger partial charge in [0.05, 0.1) is 11.1 Å². The third kappa shape index (κ3) is 5.35. The number of alkyl halides is 3. The highest BCUT2D eigenvalue weighted by Gasteiger charge is 2.33. The fraction of sp³-hybridized carbons (Fsp3) is 0.0476. The second kappa shape index (κ2) is 9.67. The van der Waals surface area contributed by atoms with Gasteiger partial charge in [-0.05, 0) is 24.3 Å². The highest BCUT2D eigenvalue weighted by atomic mass is 32.2. The van der Waals surface area contributed by atoms with Gasteiger partial charge in [0.1, 0.15) is 17.5 Å². The van der Waals surface area contributed by atoms with E-state index >= 15 is 0 Å². The van der Waals surface area contributed by atoms with E-state index in [4.69, 9.17) is 15.4 Å². The van der Waals surface area contributed by atoms with Gasteiger partial charge in [0.15, 0.2) is 0 Å². The Morgan fingerprint density at radius 1 is 1.12 bits per heavy atom. The van der Waals surface area contributed by atoms with Crippen molar-refractivity contribution in [3.05, 3.63) is 88.0 Å². The van der Waals surface area contributed by atoms with Crippen LogP contribution in [-0.2, 0) is 10.5 Å². The number of nitrogens with zero attached hydrogens (tertiary/aromatic N) is 2. The van der Waals surface area contributed by atoms with Gasteiger partial charge in [0.2, 0.25) is 0 Å². The Morgan fingerprint density at radius 2 is 1.88 bits per heavy atom. The van der Waals surface area contributed by atoms with Crippen LogP contribution in [0.2, 0.25) is 0 Å². The summed E-state index contributed by atoms with van der Waals surface area (Å²) in [6.45, 7) is 0. The first kappa shape index (κ1) is 23.1. The molecule has 164 valence electrons. The van der Waals surface area contributed by atoms with E-state index < -0.39 is 34.6 Å². The Hall–Kier alpha value is -3.62. The number of aromatic nitrogens is 1. The number of benzene rings is 2. The van der Waals surface area contributed by atoms with Crippen molar-refractivity contribution in [2.45, 2.75) is 11.1 Å². The summed E-state index contributed by atoms with van der Waals surface area (Å²) in [5.74, 6) is 2.81. The molecule has 0 aliphatic rings. The summed E-state index contributed by atoms with van der Waals surface area (Å²) in [5.41, 5.74) is 7.55. The van der Waals surface area contributed by atoms with Gasteiger partial charge in [-0.2, -0.15) is 13.2 Å². The standard InChI is InChI=1S/C21H12F5N4OS/c22-16-7-8-17(30-31-32-18-4-2-1-3-15(18)21(24,25)26)19(23)14(16)6-5-12-9-13(10-27)20(28)29-11-12/h1-4,7-11,27H,(H2,28,29)/q-1. The molecule has 0 aliphatic carbocycles. The minimum absolute atomic E-state index is 0.102. The van der Waals surface area contributed by atoms with E-state index in [0.29, 0.717) is 0 Å². The largest absolute Gasteiger partial charge is 0.546 e. The summed E-state index contributed by atoms with van der Waals surface area (Å²) in [7, 11) is 0. The molecule has 11 heteroatoms. The summed E-state index contributed by atoms with van der Waals surface area (Å²) in [6, 6.07) is 7.92. The van der Waals surface area contributed by atoms with Gasteiger partial charge in [0.25, 0.3) is 0 Å². The number of hydrogen-bond donors (Lipinski definition) is 2. The van der Waals surface area contributed by atoms with Gasteiger partial charge in [-0.15, -0.1) is 0 Å². The van der Waals surface area contributed by atoms with Crippen LogP contribution in [0.15, 0.2) is 53.6 Å². The third-order valence-corrected chi connectivity index (χ3v) is 4.65. The number of nitrogens with two attached hydrogens (primary N) is 1. The van der Waals surface area contributed by atoms with Gasteiger partial charge in [-0.1, -0.05) is 35.7 Å². The van der Waals surface area contributed by atoms with Gasteiger partial charge in [-0.25, -0.2) is 13.8 Å². The molecule has 0 amide bonds. The van der Waals surface area contributed by atoms with Crippen molar-refractivity contribution in [2.75, 3.05) is 5.73 Å². The molecule has 5 nitrogen and oxygen atoms in total. The molecule has 0 bridgehead atoms. The molecule has 0 atom stereocenters. The predicted molar refractivity (Wildman–Crippen MR) is 110 cm³/mol. The molecule has 2 aromatic carbocycles. The predicted octanol–water partition coefficient (Wildman–Crippen LogP) is 6.00. The molecule has 3 rings (SSSR count). The molecule has 0 aliphatic heterocycles. The number of rotatable bonds is 5. The number of nitrogen functional groups attached to an aromatic ring is 1. The molecule has 3 N–H and O–H groups in total. The van der Waals surface area contributed by atoms with Gasteiger partial charge in [0, 0.05) is 40.5 Å². The van der Waals surface area contributed by atoms with E-state index in [-0.39, 0.29) is 33.9 Å². The van der Waals surface area contributed by atoms with Crippen molar-refractivity contribution in [3.63, 3.8) is 0 Å². The fourth-order valence-electron chi connectivity index (χ4n) is 2.41. The van der Waals surface area contributed by atoms with Crippen LogP contribution in [0.3, 0.4) is 0 Å². The second-order valence-electron chi connectivity index (χ2n) is 6.09. The summed E-state index contributed by atoms with van der Waals surface area (Å²) < 4.78 is 72.6. The van der Waals surface area contributed by atoms with Crippen molar-refractivity contribution < 1.29 is 26.2 Å². The molecule has 0 radical (unpaired) electrons. The molecule has 1 aromatic heterocycles. The van der Waals surface area contributed by atoms with E-state index in [1.54, 1.807) is 0 Å². The molecule has 3 aromatic rings. The zero-order valence-corrected chi connectivity index (χ0v) is 16.7. The zero-order chi connectivity index (χ0) is 23.3. The Bertz CT molecular complexity index is 1220. The number of nitrogens with one attached hydrogen (secondary N) is 1. The highest BCUT2D eigenvalue weighted by Crippen LogP contribution is 2.39. The summed E-state index contributed by atoms with van der Waals surface area (Å²) in [5, 5.41) is 7.24. The van der Waals surface area contributed by atoms with Crippen molar-refractivity contribution in [3.8, 4) is 11.8 Å². The number of hydrogen-bond acceptors (Lipinski definition) is 5. The van der Waals surface area contributed by atoms with Crippen LogP contribution in [-0.4, -0.2) is 11.2 Å². The normalized spacial score (nSPS) is 10.9. The van der Waals surface area contributed by atoms with Crippen LogP contribution >= 0.6 is 12.0 Å². The first-order valence-corrected chi connectivity index (χ1v) is 9.42. The van der Waals surface area contributed by atoms with E-state index in [1.165, 1.54) is 30.5 Å². The second-order valence-corrected chi connectivity index (χ2v) is 6.85. The Balaban J connectivity index is 1.79. The highest BCUT2D eigenvalue weighted by molar-refractivity contribution is 7.94. The monoisotopic (exact) mass is 463 g/mol. The quantitative estimate of drug-likeness (QED) is 0.160. The topological polar surface area (TPSA) is 86.1 Å². The van der Waals surface area contributed by atoms with Crippen LogP contribution in [0.4, 0.5) is 33.5 Å². The Morgan fingerprint density at radius 3 is 2.59 bits per heavy atom. The number of halogens is 5. The molecular formula is C21H12F5N4OS-. The maximum atomic E-state index is 14.7. The minimum Gasteiger partial charge on any atom is -0.546 e. The SMILES string of the molecule is N=Cc1cc(C#Cc2c(F)ccc([N-]OSc3ccccc3C(F)(F)F)c2F)cnc1N. The average molecular weight is 463 g/mol. The van der Waals surface area contributed by atoms with Gasteiger partial charge in [-0.3, -0.25) is 0 Å². The summed E-state index contributed by atoms with van der Waals surface area (Å²) in [4.78, 5) is 3.56. The van der Waals surface area contributed by atoms with Crippen LogP contribution in [0, 0.1) is 28.9 Å². The lowest BCUT2D eigenvalue weighted by Gasteiger charge is -2.23. The maximum absolute atomic E-state index is 14.7. The van der Waals surface area contributed by atoms with Crippen molar-refractivity contribution in [1.29, 1.82) is 5.41 Å². The first-order valence-electron chi connectivity index (χ1n) is 8.67. The van der Waals surface area contributed by atoms with E-state index in [1.807, 2.05) is 0 Å². The molecule has 0 unspecified atom stereocenters. The zero-order valence-electron chi connectivity index (χ0n) is 15.9. The van der Waals surface area contributed by atoms with Crippen LogP contribution in [0.1, 0.15) is 22.3 Å². The van der Waals surface area contributed by atoms with Gasteiger partial charge >= 0.3 is 6.18 Å². The van der Waals surface area contributed by atoms with Gasteiger partial charge < -0.3 is 20.9 Å². The average Bonchev–Trinajstić information content (AvgIpc) is 2.76. The van der Waals surface area contributed by atoms with E-state index in [0.717, 1.165) is 24.4 Å². The molecule has 1 heterocycles. The number of anilines is 1. The van der Waals surface area contributed by atoms with Crippen LogP contribution in [0.25, 0.3) is 5.48 Å². The Labute approximate surface area is 183 Å². The maximum Gasteiger partial charge on any atom is 0.417 e. The summed E-state index contributed by atoms with van der Waals surface area (Å²) in [6.07, 6.45) is -2.37. The molecular weight excluding hydrogens is 451 g/mol. The van der Waals surface area contributed by atoms with E-state index in [9.17, 15) is 22.0 Å². The van der Waals surface area contributed by atoms with Crippen LogP contribution in [0.5, 0.6) is 0 Å². The lowest BCUT2D eigenvalue weighted by Crippen LogP contribution is -2.06. The third-order valence-electron chi connectivity index (χ3n) is 3.96. The number of pyridine rings is 1. The van der Waals surface area contributed by atoms with Crippen molar-refractivity contribution >= 4 is 29.8 Å². The Kier molecular flexibility index (Phi) is 6.97. The molecule has 0 fully saturated rings. The van der Waals surface area contributed by atoms with E-state index in [2.05, 4.69) is 22.3 Å². The molecule has 0 spiro atoms. The fourth-order valence-corrected chi connectivity index (χ4v) is 3.02. The minimum atomic E-state index is -4.61. The summed E-state index contributed by atoms with van der Waals surface area (Å²) >= 11 is 0.279. The van der Waals surface area contributed by atoms with Crippen LogP contribution < -0.4 is 5.73 Å².